The minimum atomic E-state index is -3.54. The summed E-state index contributed by atoms with van der Waals surface area (Å²) in [7, 11) is -3.54. The summed E-state index contributed by atoms with van der Waals surface area (Å²) >= 11 is 1.46. The van der Waals surface area contributed by atoms with Crippen LogP contribution in [0.2, 0.25) is 0 Å². The Morgan fingerprint density at radius 1 is 1.20 bits per heavy atom. The quantitative estimate of drug-likeness (QED) is 0.384. The summed E-state index contributed by atoms with van der Waals surface area (Å²) in [5.41, 5.74) is 2.14. The van der Waals surface area contributed by atoms with Crippen LogP contribution in [0.3, 0.4) is 0 Å². The van der Waals surface area contributed by atoms with Crippen LogP contribution in [0, 0.1) is 6.92 Å². The van der Waals surface area contributed by atoms with Gasteiger partial charge in [0.25, 0.3) is 10.0 Å². The molecule has 0 aliphatic carbocycles. The number of sulfonamides is 1. The zero-order valence-corrected chi connectivity index (χ0v) is 18.5. The Balaban J connectivity index is 1.52. The molecule has 9 heteroatoms. The molecule has 0 radical (unpaired) electrons. The number of furan rings is 1. The van der Waals surface area contributed by atoms with Crippen LogP contribution in [0.1, 0.15) is 24.2 Å². The van der Waals surface area contributed by atoms with Gasteiger partial charge in [0.05, 0.1) is 5.75 Å². The number of aromatic nitrogens is 3. The van der Waals surface area contributed by atoms with Crippen LogP contribution >= 0.6 is 11.8 Å². The van der Waals surface area contributed by atoms with Gasteiger partial charge in [-0.1, -0.05) is 41.6 Å². The Hall–Kier alpha value is -2.36. The van der Waals surface area contributed by atoms with Gasteiger partial charge in [0, 0.05) is 25.2 Å². The van der Waals surface area contributed by atoms with Crippen LogP contribution < -0.4 is 0 Å². The molecule has 1 aliphatic rings. The van der Waals surface area contributed by atoms with Gasteiger partial charge in [-0.25, -0.2) is 8.42 Å². The summed E-state index contributed by atoms with van der Waals surface area (Å²) in [6.45, 7) is 7.56. The van der Waals surface area contributed by atoms with E-state index in [1.165, 1.54) is 22.1 Å². The molecule has 0 spiro atoms. The van der Waals surface area contributed by atoms with Gasteiger partial charge in [0.1, 0.15) is 5.76 Å². The number of allylic oxidation sites excluding steroid dienone is 1. The number of rotatable bonds is 8. The second-order valence-corrected chi connectivity index (χ2v) is 10.0. The third-order valence-electron chi connectivity index (χ3n) is 4.94. The Morgan fingerprint density at radius 3 is 2.73 bits per heavy atom. The molecule has 0 amide bonds. The van der Waals surface area contributed by atoms with Crippen molar-refractivity contribution >= 4 is 21.8 Å². The van der Waals surface area contributed by atoms with Crippen molar-refractivity contribution in [2.45, 2.75) is 42.3 Å². The van der Waals surface area contributed by atoms with E-state index < -0.39 is 10.0 Å². The van der Waals surface area contributed by atoms with Gasteiger partial charge in [0.2, 0.25) is 5.09 Å². The van der Waals surface area contributed by atoms with Crippen LogP contribution in [0.4, 0.5) is 0 Å². The molecule has 1 aromatic carbocycles. The van der Waals surface area contributed by atoms with E-state index in [1.54, 1.807) is 12.1 Å². The first kappa shape index (κ1) is 20.9. The van der Waals surface area contributed by atoms with Crippen molar-refractivity contribution in [2.75, 3.05) is 13.1 Å². The molecule has 0 bridgehead atoms. The molecular weight excluding hydrogens is 420 g/mol. The van der Waals surface area contributed by atoms with Gasteiger partial charge in [-0.3, -0.25) is 4.57 Å². The Labute approximate surface area is 180 Å². The molecule has 3 heterocycles. The van der Waals surface area contributed by atoms with Crippen molar-refractivity contribution in [3.8, 4) is 11.4 Å². The number of nitrogens with zero attached hydrogens (tertiary/aromatic N) is 4. The third kappa shape index (κ3) is 4.23. The van der Waals surface area contributed by atoms with Gasteiger partial charge < -0.3 is 4.42 Å². The molecule has 0 atom stereocenters. The number of hydrogen-bond donors (Lipinski definition) is 0. The van der Waals surface area contributed by atoms with Crippen LogP contribution in [0.15, 0.2) is 63.7 Å². The number of hydrogen-bond acceptors (Lipinski definition) is 6. The zero-order valence-electron chi connectivity index (χ0n) is 16.8. The number of benzene rings is 1. The molecule has 0 unspecified atom stereocenters. The molecule has 3 aromatic rings. The molecule has 1 aliphatic heterocycles. The van der Waals surface area contributed by atoms with E-state index >= 15 is 0 Å². The lowest BCUT2D eigenvalue weighted by Crippen LogP contribution is -2.27. The lowest BCUT2D eigenvalue weighted by Gasteiger charge is -2.12. The number of thioether (sulfide) groups is 1. The van der Waals surface area contributed by atoms with Gasteiger partial charge in [-0.15, -0.1) is 16.8 Å². The van der Waals surface area contributed by atoms with E-state index in [2.05, 4.69) is 22.8 Å². The molecule has 2 aromatic heterocycles. The van der Waals surface area contributed by atoms with E-state index in [1.807, 2.05) is 29.7 Å². The summed E-state index contributed by atoms with van der Waals surface area (Å²) in [5.74, 6) is 1.82. The van der Waals surface area contributed by atoms with Gasteiger partial charge >= 0.3 is 0 Å². The second-order valence-electron chi connectivity index (χ2n) is 7.20. The van der Waals surface area contributed by atoms with E-state index in [4.69, 9.17) is 4.42 Å². The van der Waals surface area contributed by atoms with Crippen LogP contribution in [-0.4, -0.2) is 40.6 Å². The van der Waals surface area contributed by atoms with Crippen LogP contribution in [0.5, 0.6) is 0 Å². The highest BCUT2D eigenvalue weighted by Gasteiger charge is 2.30. The summed E-state index contributed by atoms with van der Waals surface area (Å²) in [4.78, 5) is 0. The lowest BCUT2D eigenvalue weighted by molar-refractivity contribution is 0.397. The first-order valence-corrected chi connectivity index (χ1v) is 12.2. The maximum absolute atomic E-state index is 12.6. The monoisotopic (exact) mass is 444 g/mol. The summed E-state index contributed by atoms with van der Waals surface area (Å²) in [6, 6.07) is 11.4. The van der Waals surface area contributed by atoms with Crippen molar-refractivity contribution in [1.82, 2.24) is 19.1 Å². The van der Waals surface area contributed by atoms with E-state index in [-0.39, 0.29) is 5.09 Å². The summed E-state index contributed by atoms with van der Waals surface area (Å²) < 4.78 is 34.4. The van der Waals surface area contributed by atoms with E-state index in [0.717, 1.165) is 34.9 Å². The second kappa shape index (κ2) is 8.79. The van der Waals surface area contributed by atoms with E-state index in [0.29, 0.717) is 31.1 Å². The molecule has 30 heavy (non-hydrogen) atoms. The largest absolute Gasteiger partial charge is 0.447 e. The minimum absolute atomic E-state index is 0.00741. The predicted molar refractivity (Wildman–Crippen MR) is 117 cm³/mol. The SMILES string of the molecule is C=CCn1c(SCc2ccc(S(=O)(=O)N3CCCC3)o2)nnc1-c1cccc(C)c1. The third-order valence-corrected chi connectivity index (χ3v) is 7.71. The molecule has 0 saturated carbocycles. The highest BCUT2D eigenvalue weighted by molar-refractivity contribution is 7.98. The zero-order chi connectivity index (χ0) is 21.1. The predicted octanol–water partition coefficient (Wildman–Crippen LogP) is 4.11. The lowest BCUT2D eigenvalue weighted by atomic mass is 10.1. The summed E-state index contributed by atoms with van der Waals surface area (Å²) in [6.07, 6.45) is 3.59. The fourth-order valence-electron chi connectivity index (χ4n) is 3.45. The number of aryl methyl sites for hydroxylation is 1. The van der Waals surface area contributed by atoms with Crippen molar-refractivity contribution < 1.29 is 12.8 Å². The highest BCUT2D eigenvalue weighted by Crippen LogP contribution is 2.29. The molecule has 1 saturated heterocycles. The van der Waals surface area contributed by atoms with Crippen molar-refractivity contribution in [2.24, 2.45) is 0 Å². The molecule has 7 nitrogen and oxygen atoms in total. The standard InChI is InChI=1S/C21H24N4O3S2/c1-3-11-25-20(17-8-6-7-16(2)14-17)22-23-21(25)29-15-18-9-10-19(28-18)30(26,27)24-12-4-5-13-24/h3,6-10,14H,1,4-5,11-13,15H2,2H3. The molecular formula is C21H24N4O3S2. The fourth-order valence-corrected chi connectivity index (χ4v) is 5.74. The smallest absolute Gasteiger partial charge is 0.276 e. The van der Waals surface area contributed by atoms with Crippen molar-refractivity contribution in [3.63, 3.8) is 0 Å². The average Bonchev–Trinajstić information content (AvgIpc) is 3.48. The Bertz CT molecular complexity index is 1140. The Morgan fingerprint density at radius 2 is 2.00 bits per heavy atom. The molecule has 0 N–H and O–H groups in total. The van der Waals surface area contributed by atoms with Crippen LogP contribution in [0.25, 0.3) is 11.4 Å². The Kier molecular flexibility index (Phi) is 6.12. The summed E-state index contributed by atoms with van der Waals surface area (Å²) in [5, 5.41) is 9.44. The minimum Gasteiger partial charge on any atom is -0.447 e. The molecule has 158 valence electrons. The maximum Gasteiger partial charge on any atom is 0.276 e. The van der Waals surface area contributed by atoms with Gasteiger partial charge in [0.15, 0.2) is 11.0 Å². The van der Waals surface area contributed by atoms with Gasteiger partial charge in [-0.05, 0) is 38.0 Å². The topological polar surface area (TPSA) is 81.2 Å². The maximum atomic E-state index is 12.6. The normalized spacial score (nSPS) is 15.0. The molecule has 4 rings (SSSR count). The first-order chi connectivity index (χ1) is 14.5. The van der Waals surface area contributed by atoms with Gasteiger partial charge in [-0.2, -0.15) is 4.31 Å². The van der Waals surface area contributed by atoms with Crippen LogP contribution in [-0.2, 0) is 22.3 Å². The fraction of sp³-hybridized carbons (Fsp3) is 0.333. The van der Waals surface area contributed by atoms with Crippen molar-refractivity contribution in [3.05, 3.63) is 60.4 Å². The first-order valence-electron chi connectivity index (χ1n) is 9.82. The highest BCUT2D eigenvalue weighted by atomic mass is 32.2. The molecule has 1 fully saturated rings. The van der Waals surface area contributed by atoms with E-state index in [9.17, 15) is 8.42 Å². The van der Waals surface area contributed by atoms with Crippen molar-refractivity contribution in [1.29, 1.82) is 0 Å². The average molecular weight is 445 g/mol.